The summed E-state index contributed by atoms with van der Waals surface area (Å²) >= 11 is 6.37. The van der Waals surface area contributed by atoms with Gasteiger partial charge < -0.3 is 4.98 Å². The van der Waals surface area contributed by atoms with E-state index in [0.29, 0.717) is 17.8 Å². The van der Waals surface area contributed by atoms with E-state index in [9.17, 15) is 18.5 Å². The number of hydrogen-bond donors (Lipinski definition) is 2. The molecule has 1 aromatic carbocycles. The lowest BCUT2D eigenvalue weighted by molar-refractivity contribution is -0.384. The third-order valence-corrected chi connectivity index (χ3v) is 6.74. The van der Waals surface area contributed by atoms with Gasteiger partial charge in [0.05, 0.1) is 4.92 Å². The van der Waals surface area contributed by atoms with Gasteiger partial charge >= 0.3 is 0 Å². The van der Waals surface area contributed by atoms with Crippen LogP contribution in [0.5, 0.6) is 0 Å². The summed E-state index contributed by atoms with van der Waals surface area (Å²) in [5.41, 5.74) is 1.57. The van der Waals surface area contributed by atoms with E-state index in [1.54, 1.807) is 0 Å². The molecule has 0 atom stereocenters. The predicted molar refractivity (Wildman–Crippen MR) is 93.2 cm³/mol. The standard InChI is InChI=1S/C14H12ClN3O4S2/c15-14-12(18(19)20)7-13(23-14)24(21,22)17-6-5-9-8-16-11-4-2-1-3-10(9)11/h1-4,7-8,16-17H,5-6H2. The van der Waals surface area contributed by atoms with Crippen molar-refractivity contribution in [2.45, 2.75) is 10.6 Å². The molecule has 2 aromatic heterocycles. The Morgan fingerprint density at radius 1 is 1.33 bits per heavy atom. The van der Waals surface area contributed by atoms with Crippen molar-refractivity contribution in [3.63, 3.8) is 0 Å². The fourth-order valence-corrected chi connectivity index (χ4v) is 5.07. The Balaban J connectivity index is 1.71. The fourth-order valence-electron chi connectivity index (χ4n) is 2.32. The Labute approximate surface area is 146 Å². The van der Waals surface area contributed by atoms with Crippen LogP contribution in [-0.4, -0.2) is 24.9 Å². The molecule has 126 valence electrons. The van der Waals surface area contributed by atoms with Gasteiger partial charge in [-0.3, -0.25) is 10.1 Å². The molecule has 2 N–H and O–H groups in total. The Hall–Kier alpha value is -1.94. The van der Waals surface area contributed by atoms with Gasteiger partial charge in [0, 0.05) is 29.7 Å². The van der Waals surface area contributed by atoms with Gasteiger partial charge in [0.1, 0.15) is 4.21 Å². The number of nitrogens with zero attached hydrogens (tertiary/aromatic N) is 1. The number of para-hydroxylation sites is 1. The highest BCUT2D eigenvalue weighted by atomic mass is 35.5. The summed E-state index contributed by atoms with van der Waals surface area (Å²) in [6, 6.07) is 8.70. The van der Waals surface area contributed by atoms with Crippen LogP contribution in [0.4, 0.5) is 5.69 Å². The first-order chi connectivity index (χ1) is 11.4. The number of hydrogen-bond acceptors (Lipinski definition) is 5. The van der Waals surface area contributed by atoms with Crippen LogP contribution in [0.25, 0.3) is 10.9 Å². The highest BCUT2D eigenvalue weighted by Gasteiger charge is 2.24. The molecule has 0 aliphatic carbocycles. The van der Waals surface area contributed by atoms with Crippen molar-refractivity contribution in [2.75, 3.05) is 6.54 Å². The molecular formula is C14H12ClN3O4S2. The molecule has 7 nitrogen and oxygen atoms in total. The molecule has 0 saturated heterocycles. The average Bonchev–Trinajstić information content (AvgIpc) is 3.12. The number of fused-ring (bicyclic) bond motifs is 1. The van der Waals surface area contributed by atoms with Crippen molar-refractivity contribution in [1.82, 2.24) is 9.71 Å². The molecule has 10 heteroatoms. The zero-order valence-electron chi connectivity index (χ0n) is 12.2. The first-order valence-corrected chi connectivity index (χ1v) is 9.54. The smallest absolute Gasteiger partial charge is 0.300 e. The van der Waals surface area contributed by atoms with Gasteiger partial charge in [-0.2, -0.15) is 0 Å². The van der Waals surface area contributed by atoms with E-state index in [2.05, 4.69) is 9.71 Å². The zero-order chi connectivity index (χ0) is 17.3. The number of nitrogens with one attached hydrogen (secondary N) is 2. The van der Waals surface area contributed by atoms with Gasteiger partial charge in [-0.1, -0.05) is 29.8 Å². The molecule has 3 rings (SSSR count). The predicted octanol–water partition coefficient (Wildman–Crippen LogP) is 3.31. The Bertz CT molecular complexity index is 1010. The number of aromatic amines is 1. The van der Waals surface area contributed by atoms with Gasteiger partial charge in [0.15, 0.2) is 4.34 Å². The molecule has 0 radical (unpaired) electrons. The second kappa shape index (κ2) is 6.52. The molecule has 0 aliphatic rings. The number of aromatic nitrogens is 1. The molecule has 0 bridgehead atoms. The molecule has 24 heavy (non-hydrogen) atoms. The maximum Gasteiger partial charge on any atom is 0.300 e. The summed E-state index contributed by atoms with van der Waals surface area (Å²) in [4.78, 5) is 13.2. The van der Waals surface area contributed by atoms with Crippen LogP contribution >= 0.6 is 22.9 Å². The Kier molecular flexibility index (Phi) is 4.59. The van der Waals surface area contributed by atoms with Crippen molar-refractivity contribution in [3.05, 3.63) is 56.5 Å². The van der Waals surface area contributed by atoms with Crippen molar-refractivity contribution in [3.8, 4) is 0 Å². The third-order valence-electron chi connectivity index (χ3n) is 3.47. The number of H-pyrrole nitrogens is 1. The van der Waals surface area contributed by atoms with Crippen molar-refractivity contribution in [1.29, 1.82) is 0 Å². The van der Waals surface area contributed by atoms with Gasteiger partial charge in [-0.15, -0.1) is 11.3 Å². The molecule has 3 aromatic rings. The van der Waals surface area contributed by atoms with Crippen LogP contribution in [0.1, 0.15) is 5.56 Å². The molecule has 0 spiro atoms. The summed E-state index contributed by atoms with van der Waals surface area (Å²) in [7, 11) is -3.83. The van der Waals surface area contributed by atoms with E-state index in [0.717, 1.165) is 22.5 Å². The van der Waals surface area contributed by atoms with E-state index >= 15 is 0 Å². The topological polar surface area (TPSA) is 105 Å². The summed E-state index contributed by atoms with van der Waals surface area (Å²) in [5, 5.41) is 11.8. The lowest BCUT2D eigenvalue weighted by Crippen LogP contribution is -2.25. The number of nitro groups is 1. The Morgan fingerprint density at radius 3 is 2.79 bits per heavy atom. The van der Waals surface area contributed by atoms with E-state index < -0.39 is 20.6 Å². The Morgan fingerprint density at radius 2 is 2.08 bits per heavy atom. The zero-order valence-corrected chi connectivity index (χ0v) is 14.5. The first kappa shape index (κ1) is 16.9. The molecule has 0 unspecified atom stereocenters. The second-order valence-electron chi connectivity index (χ2n) is 4.99. The van der Waals surface area contributed by atoms with Crippen LogP contribution in [0.3, 0.4) is 0 Å². The van der Waals surface area contributed by atoms with Gasteiger partial charge in [-0.05, 0) is 18.1 Å². The number of thiophene rings is 1. The number of sulfonamides is 1. The van der Waals surface area contributed by atoms with Gasteiger partial charge in [-0.25, -0.2) is 13.1 Å². The third kappa shape index (κ3) is 3.29. The lowest BCUT2D eigenvalue weighted by atomic mass is 10.1. The largest absolute Gasteiger partial charge is 0.361 e. The highest BCUT2D eigenvalue weighted by molar-refractivity contribution is 7.91. The average molecular weight is 386 g/mol. The van der Waals surface area contributed by atoms with Crippen LogP contribution in [-0.2, 0) is 16.4 Å². The van der Waals surface area contributed by atoms with Gasteiger partial charge in [0.25, 0.3) is 5.69 Å². The van der Waals surface area contributed by atoms with E-state index in [1.165, 1.54) is 0 Å². The van der Waals surface area contributed by atoms with Crippen molar-refractivity contribution >= 4 is 49.6 Å². The number of halogens is 1. The summed E-state index contributed by atoms with van der Waals surface area (Å²) in [5.74, 6) is 0. The summed E-state index contributed by atoms with van der Waals surface area (Å²) < 4.78 is 26.6. The van der Waals surface area contributed by atoms with Crippen LogP contribution in [0, 0.1) is 10.1 Å². The van der Waals surface area contributed by atoms with Crippen molar-refractivity contribution in [2.24, 2.45) is 0 Å². The summed E-state index contributed by atoms with van der Waals surface area (Å²) in [6.07, 6.45) is 2.33. The molecule has 0 fully saturated rings. The minimum absolute atomic E-state index is 0.156. The first-order valence-electron chi connectivity index (χ1n) is 6.87. The lowest BCUT2D eigenvalue weighted by Gasteiger charge is -2.04. The van der Waals surface area contributed by atoms with Crippen LogP contribution in [0.15, 0.2) is 40.7 Å². The number of benzene rings is 1. The SMILES string of the molecule is O=[N+]([O-])c1cc(S(=O)(=O)NCCc2c[nH]c3ccccc23)sc1Cl. The molecular weight excluding hydrogens is 374 g/mol. The van der Waals surface area contributed by atoms with Crippen molar-refractivity contribution < 1.29 is 13.3 Å². The van der Waals surface area contributed by atoms with Gasteiger partial charge in [0.2, 0.25) is 10.0 Å². The second-order valence-corrected chi connectivity index (χ2v) is 8.64. The maximum absolute atomic E-state index is 12.2. The quantitative estimate of drug-likeness (QED) is 0.501. The van der Waals surface area contributed by atoms with Crippen LogP contribution in [0.2, 0.25) is 4.34 Å². The van der Waals surface area contributed by atoms with E-state index in [-0.39, 0.29) is 15.1 Å². The molecule has 0 amide bonds. The van der Waals surface area contributed by atoms with Crippen LogP contribution < -0.4 is 4.72 Å². The minimum Gasteiger partial charge on any atom is -0.361 e. The monoisotopic (exact) mass is 385 g/mol. The summed E-state index contributed by atoms with van der Waals surface area (Å²) in [6.45, 7) is 0.174. The van der Waals surface area contributed by atoms with E-state index in [4.69, 9.17) is 11.6 Å². The highest BCUT2D eigenvalue weighted by Crippen LogP contribution is 2.36. The normalized spacial score (nSPS) is 11.9. The molecule has 0 saturated carbocycles. The van der Waals surface area contributed by atoms with E-state index in [1.807, 2.05) is 30.5 Å². The fraction of sp³-hybridized carbons (Fsp3) is 0.143. The molecule has 2 heterocycles. The minimum atomic E-state index is -3.83. The maximum atomic E-state index is 12.2. The molecule has 0 aliphatic heterocycles. The number of rotatable bonds is 6.